The van der Waals surface area contributed by atoms with Crippen molar-refractivity contribution in [2.75, 3.05) is 11.9 Å². The van der Waals surface area contributed by atoms with Crippen LogP contribution in [0.15, 0.2) is 34.9 Å². The fraction of sp³-hybridized carbons (Fsp3) is 0.286. The number of rotatable bonds is 5. The van der Waals surface area contributed by atoms with Gasteiger partial charge < -0.3 is 15.1 Å². The third-order valence-corrected chi connectivity index (χ3v) is 2.60. The van der Waals surface area contributed by atoms with Crippen LogP contribution in [-0.4, -0.2) is 17.4 Å². The molecule has 2 N–H and O–H groups in total. The highest BCUT2D eigenvalue weighted by Crippen LogP contribution is 2.07. The van der Waals surface area contributed by atoms with Crippen molar-refractivity contribution in [3.8, 4) is 0 Å². The largest absolute Gasteiger partial charge is 0.465 e. The molecule has 0 atom stereocenters. The van der Waals surface area contributed by atoms with Crippen LogP contribution < -0.4 is 10.6 Å². The van der Waals surface area contributed by atoms with Crippen molar-refractivity contribution in [1.29, 1.82) is 0 Å². The Morgan fingerprint density at radius 3 is 2.74 bits per heavy atom. The summed E-state index contributed by atoms with van der Waals surface area (Å²) in [7, 11) is 0. The third-order valence-electron chi connectivity index (χ3n) is 2.60. The van der Waals surface area contributed by atoms with E-state index in [0.29, 0.717) is 12.2 Å². The Labute approximate surface area is 112 Å². The van der Waals surface area contributed by atoms with Crippen molar-refractivity contribution < 1.29 is 9.21 Å². The second-order valence-electron chi connectivity index (χ2n) is 4.16. The number of pyridine rings is 1. The zero-order chi connectivity index (χ0) is 13.7. The highest BCUT2D eigenvalue weighted by Gasteiger charge is 2.07. The molecule has 0 aliphatic heterocycles. The highest BCUT2D eigenvalue weighted by molar-refractivity contribution is 5.92. The molecule has 0 saturated carbocycles. The average Bonchev–Trinajstić information content (AvgIpc) is 2.83. The summed E-state index contributed by atoms with van der Waals surface area (Å²) in [5.41, 5.74) is 1.30. The summed E-state index contributed by atoms with van der Waals surface area (Å²) in [5, 5.41) is 5.89. The van der Waals surface area contributed by atoms with Crippen molar-refractivity contribution >= 4 is 11.6 Å². The van der Waals surface area contributed by atoms with E-state index in [1.54, 1.807) is 12.3 Å². The van der Waals surface area contributed by atoms with Gasteiger partial charge in [-0.05, 0) is 38.1 Å². The van der Waals surface area contributed by atoms with Gasteiger partial charge in [-0.3, -0.25) is 4.79 Å². The normalized spacial score (nSPS) is 10.2. The molecule has 0 bridgehead atoms. The smallest absolute Gasteiger partial charge is 0.270 e. The van der Waals surface area contributed by atoms with E-state index in [0.717, 1.165) is 23.8 Å². The van der Waals surface area contributed by atoms with E-state index < -0.39 is 0 Å². The number of aromatic nitrogens is 1. The molecule has 2 heterocycles. The topological polar surface area (TPSA) is 67.2 Å². The maximum absolute atomic E-state index is 11.9. The summed E-state index contributed by atoms with van der Waals surface area (Å²) in [5.74, 6) is 1.35. The maximum Gasteiger partial charge on any atom is 0.270 e. The van der Waals surface area contributed by atoms with Gasteiger partial charge in [0.05, 0.1) is 18.4 Å². The lowest BCUT2D eigenvalue weighted by molar-refractivity contribution is 0.0943. The van der Waals surface area contributed by atoms with Crippen LogP contribution in [0.4, 0.5) is 5.69 Å². The van der Waals surface area contributed by atoms with Crippen molar-refractivity contribution in [1.82, 2.24) is 10.3 Å². The van der Waals surface area contributed by atoms with E-state index in [-0.39, 0.29) is 5.91 Å². The van der Waals surface area contributed by atoms with Gasteiger partial charge >= 0.3 is 0 Å². The van der Waals surface area contributed by atoms with Crippen molar-refractivity contribution in [2.24, 2.45) is 0 Å². The van der Waals surface area contributed by atoms with Gasteiger partial charge in [0.25, 0.3) is 5.91 Å². The van der Waals surface area contributed by atoms with E-state index in [1.807, 2.05) is 32.0 Å². The number of aryl methyl sites for hydroxylation is 1. The lowest BCUT2D eigenvalue weighted by Crippen LogP contribution is -2.23. The lowest BCUT2D eigenvalue weighted by Gasteiger charge is -2.05. The summed E-state index contributed by atoms with van der Waals surface area (Å²) in [6, 6.07) is 7.24. The molecule has 0 unspecified atom stereocenters. The number of hydrogen-bond acceptors (Lipinski definition) is 4. The van der Waals surface area contributed by atoms with Crippen molar-refractivity contribution in [3.05, 3.63) is 47.7 Å². The van der Waals surface area contributed by atoms with Gasteiger partial charge in [-0.1, -0.05) is 0 Å². The number of carbonyl (C=O) groups is 1. The molecule has 19 heavy (non-hydrogen) atoms. The summed E-state index contributed by atoms with van der Waals surface area (Å²) in [4.78, 5) is 16.0. The maximum atomic E-state index is 11.9. The summed E-state index contributed by atoms with van der Waals surface area (Å²) in [6.45, 7) is 5.06. The molecular weight excluding hydrogens is 242 g/mol. The Morgan fingerprint density at radius 2 is 2.16 bits per heavy atom. The van der Waals surface area contributed by atoms with E-state index in [9.17, 15) is 4.79 Å². The minimum atomic E-state index is -0.211. The summed E-state index contributed by atoms with van der Waals surface area (Å²) < 4.78 is 5.38. The molecule has 0 aliphatic rings. The van der Waals surface area contributed by atoms with Gasteiger partial charge in [-0.15, -0.1) is 0 Å². The standard InChI is InChI=1S/C14H17N3O2/c1-3-15-11-5-7-13(16-8-11)14(18)17-9-12-6-4-10(2)19-12/h4-8,15H,3,9H2,1-2H3,(H,17,18). The van der Waals surface area contributed by atoms with Crippen LogP contribution in [0.1, 0.15) is 28.9 Å². The molecule has 0 fully saturated rings. The predicted octanol–water partition coefficient (Wildman–Crippen LogP) is 2.34. The van der Waals surface area contributed by atoms with E-state index >= 15 is 0 Å². The molecule has 0 radical (unpaired) electrons. The second-order valence-corrected chi connectivity index (χ2v) is 4.16. The second kappa shape index (κ2) is 6.04. The third kappa shape index (κ3) is 3.58. The number of hydrogen-bond donors (Lipinski definition) is 2. The quantitative estimate of drug-likeness (QED) is 0.865. The van der Waals surface area contributed by atoms with Gasteiger partial charge in [0.15, 0.2) is 0 Å². The molecule has 0 aromatic carbocycles. The van der Waals surface area contributed by atoms with Crippen molar-refractivity contribution in [2.45, 2.75) is 20.4 Å². The Balaban J connectivity index is 1.92. The number of nitrogens with one attached hydrogen (secondary N) is 2. The van der Waals surface area contributed by atoms with Gasteiger partial charge in [0, 0.05) is 6.54 Å². The highest BCUT2D eigenvalue weighted by atomic mass is 16.3. The van der Waals surface area contributed by atoms with Gasteiger partial charge in [0.1, 0.15) is 17.2 Å². The van der Waals surface area contributed by atoms with Crippen LogP contribution in [0.3, 0.4) is 0 Å². The van der Waals surface area contributed by atoms with Crippen molar-refractivity contribution in [3.63, 3.8) is 0 Å². The Bertz CT molecular complexity index is 546. The van der Waals surface area contributed by atoms with E-state index in [2.05, 4.69) is 15.6 Å². The number of anilines is 1. The van der Waals surface area contributed by atoms with Crippen LogP contribution in [0, 0.1) is 6.92 Å². The lowest BCUT2D eigenvalue weighted by atomic mass is 10.3. The Hall–Kier alpha value is -2.30. The minimum Gasteiger partial charge on any atom is -0.465 e. The summed E-state index contributed by atoms with van der Waals surface area (Å²) >= 11 is 0. The molecule has 5 nitrogen and oxygen atoms in total. The molecule has 0 aliphatic carbocycles. The SMILES string of the molecule is CCNc1ccc(C(=O)NCc2ccc(C)o2)nc1. The molecule has 100 valence electrons. The van der Waals surface area contributed by atoms with Gasteiger partial charge in [-0.25, -0.2) is 4.98 Å². The van der Waals surface area contributed by atoms with Crippen LogP contribution in [0.25, 0.3) is 0 Å². The number of carbonyl (C=O) groups excluding carboxylic acids is 1. The zero-order valence-corrected chi connectivity index (χ0v) is 11.1. The molecule has 2 aromatic rings. The Kier molecular flexibility index (Phi) is 4.18. The van der Waals surface area contributed by atoms with Gasteiger partial charge in [-0.2, -0.15) is 0 Å². The Morgan fingerprint density at radius 1 is 1.32 bits per heavy atom. The van der Waals surface area contributed by atoms with Crippen LogP contribution in [0.2, 0.25) is 0 Å². The zero-order valence-electron chi connectivity index (χ0n) is 11.1. The first-order valence-electron chi connectivity index (χ1n) is 6.22. The van der Waals surface area contributed by atoms with E-state index in [1.165, 1.54) is 0 Å². The monoisotopic (exact) mass is 259 g/mol. The summed E-state index contributed by atoms with van der Waals surface area (Å²) in [6.07, 6.45) is 1.65. The molecular formula is C14H17N3O2. The molecule has 2 aromatic heterocycles. The number of amides is 1. The molecule has 2 rings (SSSR count). The molecule has 1 amide bonds. The fourth-order valence-corrected chi connectivity index (χ4v) is 1.67. The molecule has 0 saturated heterocycles. The number of furan rings is 1. The van der Waals surface area contributed by atoms with Crippen LogP contribution in [0.5, 0.6) is 0 Å². The minimum absolute atomic E-state index is 0.211. The number of nitrogens with zero attached hydrogens (tertiary/aromatic N) is 1. The fourth-order valence-electron chi connectivity index (χ4n) is 1.67. The predicted molar refractivity (Wildman–Crippen MR) is 73.0 cm³/mol. The first-order chi connectivity index (χ1) is 9.19. The van der Waals surface area contributed by atoms with Crippen LogP contribution in [-0.2, 0) is 6.54 Å². The molecule has 5 heteroatoms. The van der Waals surface area contributed by atoms with E-state index in [4.69, 9.17) is 4.42 Å². The molecule has 0 spiro atoms. The first-order valence-corrected chi connectivity index (χ1v) is 6.22. The van der Waals surface area contributed by atoms with Crippen LogP contribution >= 0.6 is 0 Å². The first kappa shape index (κ1) is 13.1. The van der Waals surface area contributed by atoms with Gasteiger partial charge in [0.2, 0.25) is 0 Å². The average molecular weight is 259 g/mol.